The van der Waals surface area contributed by atoms with Crippen molar-refractivity contribution in [3.05, 3.63) is 30.1 Å². The van der Waals surface area contributed by atoms with Crippen molar-refractivity contribution >= 4 is 11.9 Å². The van der Waals surface area contributed by atoms with Crippen molar-refractivity contribution < 1.29 is 14.7 Å². The molecule has 1 fully saturated rings. The lowest BCUT2D eigenvalue weighted by Gasteiger charge is -2.13. The minimum absolute atomic E-state index is 0.124. The van der Waals surface area contributed by atoms with Gasteiger partial charge >= 0.3 is 5.97 Å². The molecular formula is C12H14N2O3. The standard InChI is InChI=1S/C12H14N2O3/c1-7(8-2-4-13-5-3-8)14-11(15)9-6-10(9)12(16)17/h2-5,7,9-10H,6H2,1H3,(H,14,15)(H,16,17)/t7?,9-,10+/m1/s1. The van der Waals surface area contributed by atoms with Crippen LogP contribution in [0.4, 0.5) is 0 Å². The Morgan fingerprint density at radius 2 is 2.06 bits per heavy atom. The van der Waals surface area contributed by atoms with Crippen LogP contribution in [0.2, 0.25) is 0 Å². The van der Waals surface area contributed by atoms with Gasteiger partial charge in [-0.3, -0.25) is 14.6 Å². The Bertz CT molecular complexity index is 433. The van der Waals surface area contributed by atoms with Gasteiger partial charge in [-0.05, 0) is 31.0 Å². The van der Waals surface area contributed by atoms with Gasteiger partial charge in [-0.1, -0.05) is 0 Å². The van der Waals surface area contributed by atoms with Crippen LogP contribution >= 0.6 is 0 Å². The summed E-state index contributed by atoms with van der Waals surface area (Å²) in [5.74, 6) is -1.93. The molecule has 5 heteroatoms. The number of carboxylic acids is 1. The Balaban J connectivity index is 1.90. The predicted octanol–water partition coefficient (Wildman–Crippen LogP) is 0.979. The second kappa shape index (κ2) is 4.53. The predicted molar refractivity (Wildman–Crippen MR) is 60.0 cm³/mol. The fraction of sp³-hybridized carbons (Fsp3) is 0.417. The fourth-order valence-electron chi connectivity index (χ4n) is 1.81. The molecule has 0 spiro atoms. The molecule has 0 saturated heterocycles. The molecule has 1 aliphatic rings. The van der Waals surface area contributed by atoms with Gasteiger partial charge in [0.2, 0.25) is 5.91 Å². The number of aromatic nitrogens is 1. The second-order valence-electron chi connectivity index (χ2n) is 4.30. The molecule has 1 saturated carbocycles. The largest absolute Gasteiger partial charge is 0.481 e. The molecule has 0 aromatic carbocycles. The highest BCUT2D eigenvalue weighted by atomic mass is 16.4. The molecular weight excluding hydrogens is 220 g/mol. The van der Waals surface area contributed by atoms with Crippen molar-refractivity contribution in [3.8, 4) is 0 Å². The van der Waals surface area contributed by atoms with Crippen LogP contribution in [-0.4, -0.2) is 22.0 Å². The summed E-state index contributed by atoms with van der Waals surface area (Å²) in [6.07, 6.45) is 3.77. The highest BCUT2D eigenvalue weighted by Crippen LogP contribution is 2.39. The van der Waals surface area contributed by atoms with Crippen LogP contribution in [0.1, 0.15) is 24.9 Å². The summed E-state index contributed by atoms with van der Waals surface area (Å²) < 4.78 is 0. The zero-order valence-electron chi connectivity index (χ0n) is 9.46. The van der Waals surface area contributed by atoms with E-state index in [0.717, 1.165) is 5.56 Å². The molecule has 1 aromatic rings. The van der Waals surface area contributed by atoms with E-state index in [2.05, 4.69) is 10.3 Å². The summed E-state index contributed by atoms with van der Waals surface area (Å²) in [4.78, 5) is 26.3. The third-order valence-electron chi connectivity index (χ3n) is 3.01. The molecule has 0 aliphatic heterocycles. The molecule has 3 atom stereocenters. The molecule has 1 aliphatic carbocycles. The van der Waals surface area contributed by atoms with Crippen molar-refractivity contribution in [1.82, 2.24) is 10.3 Å². The number of nitrogens with zero attached hydrogens (tertiary/aromatic N) is 1. The van der Waals surface area contributed by atoms with E-state index in [9.17, 15) is 9.59 Å². The lowest BCUT2D eigenvalue weighted by Crippen LogP contribution is -2.29. The lowest BCUT2D eigenvalue weighted by molar-refractivity contribution is -0.140. The summed E-state index contributed by atoms with van der Waals surface area (Å²) >= 11 is 0. The third-order valence-corrected chi connectivity index (χ3v) is 3.01. The van der Waals surface area contributed by atoms with Gasteiger partial charge in [0.25, 0.3) is 0 Å². The van der Waals surface area contributed by atoms with Crippen molar-refractivity contribution in [1.29, 1.82) is 0 Å². The van der Waals surface area contributed by atoms with Gasteiger partial charge in [-0.2, -0.15) is 0 Å². The van der Waals surface area contributed by atoms with Gasteiger partial charge in [0.1, 0.15) is 0 Å². The van der Waals surface area contributed by atoms with E-state index >= 15 is 0 Å². The van der Waals surface area contributed by atoms with Crippen LogP contribution < -0.4 is 5.32 Å². The molecule has 2 rings (SSSR count). The van der Waals surface area contributed by atoms with Gasteiger partial charge in [-0.15, -0.1) is 0 Å². The fourth-order valence-corrected chi connectivity index (χ4v) is 1.81. The molecule has 5 nitrogen and oxygen atoms in total. The smallest absolute Gasteiger partial charge is 0.307 e. The molecule has 1 heterocycles. The summed E-state index contributed by atoms with van der Waals surface area (Å²) in [7, 11) is 0. The molecule has 90 valence electrons. The maximum Gasteiger partial charge on any atom is 0.307 e. The van der Waals surface area contributed by atoms with Gasteiger partial charge in [-0.25, -0.2) is 0 Å². The number of carbonyl (C=O) groups excluding carboxylic acids is 1. The quantitative estimate of drug-likeness (QED) is 0.813. The normalized spacial score (nSPS) is 23.8. The number of carboxylic acid groups (broad SMARTS) is 1. The van der Waals surface area contributed by atoms with Gasteiger partial charge in [0, 0.05) is 12.4 Å². The van der Waals surface area contributed by atoms with E-state index in [1.807, 2.05) is 19.1 Å². The average Bonchev–Trinajstić information content (AvgIpc) is 3.10. The van der Waals surface area contributed by atoms with Crippen molar-refractivity contribution in [2.45, 2.75) is 19.4 Å². The van der Waals surface area contributed by atoms with E-state index in [0.29, 0.717) is 6.42 Å². The first-order valence-corrected chi connectivity index (χ1v) is 5.52. The number of carbonyl (C=O) groups is 2. The van der Waals surface area contributed by atoms with Crippen LogP contribution in [0.5, 0.6) is 0 Å². The molecule has 0 bridgehead atoms. The first-order valence-electron chi connectivity index (χ1n) is 5.52. The summed E-state index contributed by atoms with van der Waals surface area (Å²) in [6, 6.07) is 3.53. The van der Waals surface area contributed by atoms with Crippen molar-refractivity contribution in [2.24, 2.45) is 11.8 Å². The maximum absolute atomic E-state index is 11.7. The highest BCUT2D eigenvalue weighted by Gasteiger charge is 2.48. The summed E-state index contributed by atoms with van der Waals surface area (Å²) in [5, 5.41) is 11.5. The second-order valence-corrected chi connectivity index (χ2v) is 4.30. The van der Waals surface area contributed by atoms with E-state index in [4.69, 9.17) is 5.11 Å². The minimum atomic E-state index is -0.887. The highest BCUT2D eigenvalue weighted by molar-refractivity contribution is 5.89. The lowest BCUT2D eigenvalue weighted by atomic mass is 10.1. The Kier molecular flexibility index (Phi) is 3.08. The molecule has 17 heavy (non-hydrogen) atoms. The van der Waals surface area contributed by atoms with Crippen LogP contribution in [0.25, 0.3) is 0 Å². The monoisotopic (exact) mass is 234 g/mol. The third kappa shape index (κ3) is 2.61. The molecule has 1 unspecified atom stereocenters. The van der Waals surface area contributed by atoms with Gasteiger partial charge < -0.3 is 10.4 Å². The SMILES string of the molecule is CC(NC(=O)[C@@H]1C[C@@H]1C(=O)O)c1ccncc1. The Hall–Kier alpha value is -1.91. The summed E-state index contributed by atoms with van der Waals surface area (Å²) in [6.45, 7) is 1.87. The number of hydrogen-bond donors (Lipinski definition) is 2. The summed E-state index contributed by atoms with van der Waals surface area (Å²) in [5.41, 5.74) is 0.959. The zero-order chi connectivity index (χ0) is 12.4. The topological polar surface area (TPSA) is 79.3 Å². The average molecular weight is 234 g/mol. The first-order chi connectivity index (χ1) is 8.09. The zero-order valence-corrected chi connectivity index (χ0v) is 9.46. The van der Waals surface area contributed by atoms with Crippen molar-refractivity contribution in [3.63, 3.8) is 0 Å². The number of pyridine rings is 1. The van der Waals surface area contributed by atoms with Gasteiger partial charge in [0.15, 0.2) is 0 Å². The molecule has 1 amide bonds. The Labute approximate surface area is 98.9 Å². The minimum Gasteiger partial charge on any atom is -0.481 e. The van der Waals surface area contributed by atoms with Crippen LogP contribution in [0.3, 0.4) is 0 Å². The molecule has 0 radical (unpaired) electrons. The number of rotatable bonds is 4. The van der Waals surface area contributed by atoms with E-state index in [1.165, 1.54) is 0 Å². The number of nitrogens with one attached hydrogen (secondary N) is 1. The van der Waals surface area contributed by atoms with E-state index in [-0.39, 0.29) is 17.9 Å². The number of aliphatic carboxylic acids is 1. The number of amides is 1. The van der Waals surface area contributed by atoms with Crippen LogP contribution in [0.15, 0.2) is 24.5 Å². The van der Waals surface area contributed by atoms with Gasteiger partial charge in [0.05, 0.1) is 17.9 Å². The van der Waals surface area contributed by atoms with E-state index < -0.39 is 11.9 Å². The number of hydrogen-bond acceptors (Lipinski definition) is 3. The maximum atomic E-state index is 11.7. The van der Waals surface area contributed by atoms with Crippen LogP contribution in [0, 0.1) is 11.8 Å². The Morgan fingerprint density at radius 1 is 1.41 bits per heavy atom. The van der Waals surface area contributed by atoms with Crippen LogP contribution in [-0.2, 0) is 9.59 Å². The van der Waals surface area contributed by atoms with E-state index in [1.54, 1.807) is 12.4 Å². The molecule has 2 N–H and O–H groups in total. The first kappa shape index (κ1) is 11.6. The Morgan fingerprint density at radius 3 is 2.59 bits per heavy atom. The molecule has 1 aromatic heterocycles. The van der Waals surface area contributed by atoms with Crippen molar-refractivity contribution in [2.75, 3.05) is 0 Å².